The normalized spacial score (nSPS) is 27.3. The molecule has 31 heavy (non-hydrogen) atoms. The molecule has 1 aliphatic carbocycles. The molecule has 0 atom stereocenters. The zero-order valence-corrected chi connectivity index (χ0v) is 18.6. The van der Waals surface area contributed by atoms with Gasteiger partial charge in [-0.3, -0.25) is 14.6 Å². The van der Waals surface area contributed by atoms with Crippen LogP contribution in [-0.4, -0.2) is 51.5 Å². The number of hydrogen-bond donors (Lipinski definition) is 1. The Morgan fingerprint density at radius 2 is 1.65 bits per heavy atom. The number of para-hydroxylation sites is 1. The van der Waals surface area contributed by atoms with Crippen molar-refractivity contribution in [1.82, 2.24) is 19.8 Å². The number of piperazine rings is 1. The predicted molar refractivity (Wildman–Crippen MR) is 125 cm³/mol. The molecule has 0 radical (unpaired) electrons. The van der Waals surface area contributed by atoms with Crippen molar-refractivity contribution < 1.29 is 0 Å². The molecule has 0 unspecified atom stereocenters. The Labute approximate surface area is 184 Å². The summed E-state index contributed by atoms with van der Waals surface area (Å²) in [7, 11) is 0. The number of hydrogen-bond acceptors (Lipinski definition) is 4. The van der Waals surface area contributed by atoms with Crippen molar-refractivity contribution in [1.29, 1.82) is 0 Å². The highest BCUT2D eigenvalue weighted by molar-refractivity contribution is 5.77. The lowest BCUT2D eigenvalue weighted by atomic mass is 9.55. The van der Waals surface area contributed by atoms with Crippen LogP contribution in [0.5, 0.6) is 0 Å². The van der Waals surface area contributed by atoms with Gasteiger partial charge in [-0.15, -0.1) is 0 Å². The van der Waals surface area contributed by atoms with Gasteiger partial charge in [0.2, 0.25) is 0 Å². The van der Waals surface area contributed by atoms with Gasteiger partial charge in [-0.1, -0.05) is 49.4 Å². The summed E-state index contributed by atoms with van der Waals surface area (Å²) in [6.45, 7) is 10.1. The van der Waals surface area contributed by atoms with Crippen molar-refractivity contribution in [3.8, 4) is 0 Å². The molecule has 3 aromatic rings. The van der Waals surface area contributed by atoms with E-state index in [-0.39, 0.29) is 16.5 Å². The summed E-state index contributed by atoms with van der Waals surface area (Å²) in [6.07, 6.45) is 3.10. The Bertz CT molecular complexity index is 1110. The van der Waals surface area contributed by atoms with Crippen LogP contribution in [0.15, 0.2) is 59.4 Å². The lowest BCUT2D eigenvalue weighted by Crippen LogP contribution is -2.65. The Balaban J connectivity index is 1.28. The molecule has 2 aromatic carbocycles. The van der Waals surface area contributed by atoms with Gasteiger partial charge in [0.05, 0.1) is 10.9 Å². The SMILES string of the molecule is CCC1(c2nc3ccccc3c(=O)[nH]2)CC(C)(N2CCN(Cc3ccccc3)CC2)C1. The molecule has 0 bridgehead atoms. The summed E-state index contributed by atoms with van der Waals surface area (Å²) in [4.78, 5) is 25.9. The fourth-order valence-corrected chi connectivity index (χ4v) is 5.84. The number of H-pyrrole nitrogens is 1. The molecule has 0 amide bonds. The molecule has 5 nitrogen and oxygen atoms in total. The summed E-state index contributed by atoms with van der Waals surface area (Å²) in [5, 5.41) is 0.675. The second kappa shape index (κ2) is 7.88. The van der Waals surface area contributed by atoms with Gasteiger partial charge in [0.25, 0.3) is 5.56 Å². The summed E-state index contributed by atoms with van der Waals surface area (Å²) in [5.41, 5.74) is 2.33. The molecule has 1 saturated heterocycles. The minimum Gasteiger partial charge on any atom is -0.310 e. The summed E-state index contributed by atoms with van der Waals surface area (Å²) >= 11 is 0. The Kier molecular flexibility index (Phi) is 5.19. The molecule has 1 aromatic heterocycles. The summed E-state index contributed by atoms with van der Waals surface area (Å²) < 4.78 is 0. The van der Waals surface area contributed by atoms with E-state index in [1.54, 1.807) is 0 Å². The van der Waals surface area contributed by atoms with Crippen molar-refractivity contribution in [2.45, 2.75) is 50.6 Å². The molecular formula is C26H32N4O. The highest BCUT2D eigenvalue weighted by Gasteiger charge is 2.56. The van der Waals surface area contributed by atoms with Gasteiger partial charge >= 0.3 is 0 Å². The molecular weight excluding hydrogens is 384 g/mol. The van der Waals surface area contributed by atoms with Gasteiger partial charge in [-0.25, -0.2) is 4.98 Å². The largest absolute Gasteiger partial charge is 0.310 e. The quantitative estimate of drug-likeness (QED) is 0.684. The van der Waals surface area contributed by atoms with Crippen LogP contribution in [0.3, 0.4) is 0 Å². The second-order valence-corrected chi connectivity index (χ2v) is 9.66. The Hall–Kier alpha value is -2.50. The minimum atomic E-state index is -0.0287. The molecule has 162 valence electrons. The van der Waals surface area contributed by atoms with Crippen molar-refractivity contribution in [3.63, 3.8) is 0 Å². The van der Waals surface area contributed by atoms with E-state index >= 15 is 0 Å². The Morgan fingerprint density at radius 1 is 0.968 bits per heavy atom. The molecule has 1 N–H and O–H groups in total. The van der Waals surface area contributed by atoms with E-state index in [1.165, 1.54) is 5.56 Å². The summed E-state index contributed by atoms with van der Waals surface area (Å²) in [6, 6.07) is 18.4. The van der Waals surface area contributed by atoms with Crippen LogP contribution in [-0.2, 0) is 12.0 Å². The highest BCUT2D eigenvalue weighted by atomic mass is 16.1. The van der Waals surface area contributed by atoms with Crippen molar-refractivity contribution in [2.75, 3.05) is 26.2 Å². The van der Waals surface area contributed by atoms with Gasteiger partial charge in [0.15, 0.2) is 0 Å². The molecule has 5 heteroatoms. The first-order valence-electron chi connectivity index (χ1n) is 11.5. The zero-order valence-electron chi connectivity index (χ0n) is 18.6. The van der Waals surface area contributed by atoms with Crippen LogP contribution in [0.25, 0.3) is 10.9 Å². The third kappa shape index (κ3) is 3.70. The molecule has 1 aliphatic heterocycles. The van der Waals surface area contributed by atoms with Gasteiger partial charge in [0, 0.05) is 43.7 Å². The molecule has 5 rings (SSSR count). The second-order valence-electron chi connectivity index (χ2n) is 9.66. The average Bonchev–Trinajstić information content (AvgIpc) is 2.78. The number of nitrogens with zero attached hydrogens (tertiary/aromatic N) is 3. The van der Waals surface area contributed by atoms with Crippen molar-refractivity contribution >= 4 is 10.9 Å². The number of nitrogens with one attached hydrogen (secondary N) is 1. The van der Waals surface area contributed by atoms with E-state index < -0.39 is 0 Å². The monoisotopic (exact) mass is 416 g/mol. The van der Waals surface area contributed by atoms with Gasteiger partial charge in [-0.2, -0.15) is 0 Å². The van der Waals surface area contributed by atoms with Gasteiger partial charge < -0.3 is 4.98 Å². The van der Waals surface area contributed by atoms with Crippen LogP contribution < -0.4 is 5.56 Å². The van der Waals surface area contributed by atoms with Gasteiger partial charge in [0.1, 0.15) is 5.82 Å². The lowest BCUT2D eigenvalue weighted by Gasteiger charge is -2.60. The molecule has 2 fully saturated rings. The maximum Gasteiger partial charge on any atom is 0.258 e. The summed E-state index contributed by atoms with van der Waals surface area (Å²) in [5.74, 6) is 0.874. The van der Waals surface area contributed by atoms with E-state index in [2.05, 4.69) is 59.0 Å². The fourth-order valence-electron chi connectivity index (χ4n) is 5.84. The van der Waals surface area contributed by atoms with E-state index in [9.17, 15) is 4.79 Å². The van der Waals surface area contributed by atoms with Crippen LogP contribution in [0.2, 0.25) is 0 Å². The smallest absolute Gasteiger partial charge is 0.258 e. The topological polar surface area (TPSA) is 52.2 Å². The molecule has 2 heterocycles. The van der Waals surface area contributed by atoms with Crippen molar-refractivity contribution in [3.05, 3.63) is 76.3 Å². The first-order chi connectivity index (χ1) is 15.0. The van der Waals surface area contributed by atoms with Gasteiger partial charge in [-0.05, 0) is 43.9 Å². The van der Waals surface area contributed by atoms with E-state index in [1.807, 2.05) is 24.3 Å². The zero-order chi connectivity index (χ0) is 21.5. The number of aromatic nitrogens is 2. The minimum absolute atomic E-state index is 0.0171. The molecule has 2 aliphatic rings. The Morgan fingerprint density at radius 3 is 2.35 bits per heavy atom. The first-order valence-corrected chi connectivity index (χ1v) is 11.5. The van der Waals surface area contributed by atoms with Crippen LogP contribution >= 0.6 is 0 Å². The molecule has 1 saturated carbocycles. The maximum absolute atomic E-state index is 12.6. The fraction of sp³-hybridized carbons (Fsp3) is 0.462. The molecule has 0 spiro atoms. The lowest BCUT2D eigenvalue weighted by molar-refractivity contribution is -0.0597. The first kappa shape index (κ1) is 20.4. The van der Waals surface area contributed by atoms with Crippen molar-refractivity contribution in [2.24, 2.45) is 0 Å². The number of fused-ring (bicyclic) bond motifs is 1. The van der Waals surface area contributed by atoms with E-state index in [0.29, 0.717) is 5.39 Å². The van der Waals surface area contributed by atoms with E-state index in [0.717, 1.165) is 63.3 Å². The third-order valence-electron chi connectivity index (χ3n) is 7.62. The number of rotatable bonds is 5. The van der Waals surface area contributed by atoms with Crippen LogP contribution in [0.1, 0.15) is 44.5 Å². The standard InChI is InChI=1S/C26H32N4O/c1-3-26(24-27-22-12-8-7-11-21(22)23(31)28-24)18-25(2,19-26)30-15-13-29(14-16-30)17-20-9-5-4-6-10-20/h4-12H,3,13-19H2,1-2H3,(H,27,28,31). The predicted octanol–water partition coefficient (Wildman–Crippen LogP) is 3.94. The number of aromatic amines is 1. The average molecular weight is 417 g/mol. The van der Waals surface area contributed by atoms with Crippen LogP contribution in [0, 0.1) is 0 Å². The third-order valence-corrected chi connectivity index (χ3v) is 7.62. The number of benzene rings is 2. The van der Waals surface area contributed by atoms with Crippen LogP contribution in [0.4, 0.5) is 0 Å². The maximum atomic E-state index is 12.6. The highest BCUT2D eigenvalue weighted by Crippen LogP contribution is 2.54. The van der Waals surface area contributed by atoms with E-state index in [4.69, 9.17) is 4.98 Å².